The van der Waals surface area contributed by atoms with E-state index in [1.807, 2.05) is 0 Å². The van der Waals surface area contributed by atoms with E-state index in [0.717, 1.165) is 33.4 Å². The fraction of sp³-hybridized carbons (Fsp3) is 0.0476. The third kappa shape index (κ3) is 9.02. The Hall–Kier alpha value is -5.14. The molecule has 6 aromatic carbocycles. The predicted octanol–water partition coefficient (Wildman–Crippen LogP) is 9.19. The monoisotopic (exact) mass is 715 g/mol. The Bertz CT molecular complexity index is 1450. The van der Waals surface area contributed by atoms with Gasteiger partial charge in [0.05, 0.1) is 0 Å². The van der Waals surface area contributed by atoms with Gasteiger partial charge in [-0.25, -0.2) is 0 Å². The number of rotatable bonds is 8. The maximum atomic E-state index is 7.50. The topological polar surface area (TPSA) is 93.7 Å². The van der Waals surface area contributed by atoms with Crippen LogP contribution in [0.4, 0.5) is 0 Å². The molecule has 0 aromatic heterocycles. The van der Waals surface area contributed by atoms with E-state index in [4.69, 9.17) is 23.9 Å². The number of benzene rings is 6. The van der Waals surface area contributed by atoms with Crippen LogP contribution in [0.15, 0.2) is 182 Å². The maximum Gasteiger partial charge on any atom is 0 e. The van der Waals surface area contributed by atoms with Crippen LogP contribution < -0.4 is 0 Å². The van der Waals surface area contributed by atoms with Crippen LogP contribution in [0.3, 0.4) is 0 Å². The molecule has 48 heavy (non-hydrogen) atoms. The zero-order valence-electron chi connectivity index (χ0n) is 25.7. The molecule has 6 aromatic rings. The van der Waals surface area contributed by atoms with Crippen molar-refractivity contribution in [3.05, 3.63) is 247 Å². The van der Waals surface area contributed by atoms with E-state index >= 15 is 0 Å². The molecule has 1 radical (unpaired) electrons. The molecule has 0 saturated carbocycles. The van der Waals surface area contributed by atoms with Gasteiger partial charge in [-0.3, -0.25) is 0 Å². The molecular weight excluding hydrogens is 685 g/mol. The Labute approximate surface area is 295 Å². The Balaban J connectivity index is 0.00000119. The minimum absolute atomic E-state index is 0. The normalized spacial score (nSPS) is 9.67. The Morgan fingerprint density at radius 2 is 0.396 bits per heavy atom. The summed E-state index contributed by atoms with van der Waals surface area (Å²) in [7, 11) is 0. The largest absolute Gasteiger partial charge is 0.628 e. The molecular formula is C42H30NO4Rh-. The molecule has 0 saturated heterocycles. The van der Waals surface area contributed by atoms with E-state index in [-0.39, 0.29) is 19.5 Å². The van der Waals surface area contributed by atoms with Crippen molar-refractivity contribution in [2.24, 2.45) is 0 Å². The van der Waals surface area contributed by atoms with Crippen molar-refractivity contribution >= 4 is 0 Å². The molecule has 0 atom stereocenters. The van der Waals surface area contributed by atoms with Gasteiger partial charge in [-0.15, -0.1) is 0 Å². The van der Waals surface area contributed by atoms with Crippen LogP contribution >= 0.6 is 0 Å². The molecule has 6 heteroatoms. The van der Waals surface area contributed by atoms with Gasteiger partial charge in [0.15, 0.2) is 0 Å². The van der Waals surface area contributed by atoms with Crippen molar-refractivity contribution in [1.82, 2.24) is 0 Å². The van der Waals surface area contributed by atoms with Crippen molar-refractivity contribution in [3.8, 4) is 0 Å². The van der Waals surface area contributed by atoms with Gasteiger partial charge >= 0.3 is 45.2 Å². The standard InChI is InChI=1S/C38H30N.4CO.Rh/c1-7-19-31(20-8-1)37(32-21-9-2-10-22-32,33-23-11-3-12-24-33)39-38(34-25-13-4-14-26-34,35-27-15-5-16-28-35)36-29-17-6-18-30-36;4*1-2;/h1-30H;;;;;/q-1;;;;;. The van der Waals surface area contributed by atoms with Gasteiger partial charge in [-0.1, -0.05) is 215 Å². The molecule has 6 rings (SSSR count). The predicted molar refractivity (Wildman–Crippen MR) is 177 cm³/mol. The summed E-state index contributed by atoms with van der Waals surface area (Å²) in [6.07, 6.45) is 0. The van der Waals surface area contributed by atoms with Crippen molar-refractivity contribution in [1.29, 1.82) is 0 Å². The van der Waals surface area contributed by atoms with Crippen molar-refractivity contribution < 1.29 is 38.1 Å². The molecule has 0 aliphatic heterocycles. The zero-order chi connectivity index (χ0) is 34.4. The Morgan fingerprint density at radius 1 is 0.271 bits per heavy atom. The van der Waals surface area contributed by atoms with Crippen LogP contribution in [-0.2, 0) is 49.2 Å². The summed E-state index contributed by atoms with van der Waals surface area (Å²) in [5.41, 5.74) is 5.12. The number of hydrogen-bond donors (Lipinski definition) is 0. The summed E-state index contributed by atoms with van der Waals surface area (Å²) in [6.45, 7) is 18.0. The van der Waals surface area contributed by atoms with E-state index in [1.165, 1.54) is 0 Å². The molecule has 0 spiro atoms. The summed E-state index contributed by atoms with van der Waals surface area (Å²) < 4.78 is 30.0. The Kier molecular flexibility index (Phi) is 19.1. The smallest absolute Gasteiger partial charge is 0 e. The van der Waals surface area contributed by atoms with Gasteiger partial charge in [0.2, 0.25) is 0 Å². The minimum atomic E-state index is -0.800. The summed E-state index contributed by atoms with van der Waals surface area (Å²) in [6, 6.07) is 64.2. The van der Waals surface area contributed by atoms with E-state index in [9.17, 15) is 0 Å². The second-order valence-electron chi connectivity index (χ2n) is 9.73. The second kappa shape index (κ2) is 22.4. The fourth-order valence-corrected chi connectivity index (χ4v) is 5.71. The van der Waals surface area contributed by atoms with Crippen LogP contribution in [0.25, 0.3) is 5.32 Å². The molecule has 0 bridgehead atoms. The molecule has 0 heterocycles. The summed E-state index contributed by atoms with van der Waals surface area (Å²) in [5, 5.41) is 6.16. The third-order valence-corrected chi connectivity index (χ3v) is 7.48. The summed E-state index contributed by atoms with van der Waals surface area (Å²) in [5.74, 6) is 0. The molecule has 5 nitrogen and oxygen atoms in total. The Morgan fingerprint density at radius 3 is 0.521 bits per heavy atom. The van der Waals surface area contributed by atoms with E-state index in [2.05, 4.69) is 209 Å². The van der Waals surface area contributed by atoms with Crippen LogP contribution in [0.5, 0.6) is 0 Å². The second-order valence-corrected chi connectivity index (χ2v) is 9.73. The van der Waals surface area contributed by atoms with E-state index in [1.54, 1.807) is 0 Å². The SMILES string of the molecule is [C-]#[O+].[C-]#[O+].[C-]#[O+].[C-]#[O+].[Rh].c1ccc(C([N-]C(c2ccccc2)(c2ccccc2)c2ccccc2)(c2ccccc2)c2ccccc2)cc1. The first-order valence-corrected chi connectivity index (χ1v) is 14.2. The van der Waals surface area contributed by atoms with Gasteiger partial charge in [-0.2, -0.15) is 0 Å². The van der Waals surface area contributed by atoms with Crippen molar-refractivity contribution in [2.45, 2.75) is 11.1 Å². The molecule has 0 fully saturated rings. The van der Waals surface area contributed by atoms with E-state index < -0.39 is 11.1 Å². The maximum absolute atomic E-state index is 7.50. The summed E-state index contributed by atoms with van der Waals surface area (Å²) >= 11 is 0. The van der Waals surface area contributed by atoms with Crippen LogP contribution in [0.2, 0.25) is 0 Å². The van der Waals surface area contributed by atoms with Gasteiger partial charge in [-0.05, 0) is 11.1 Å². The first-order valence-electron chi connectivity index (χ1n) is 14.2. The van der Waals surface area contributed by atoms with Crippen LogP contribution in [-0.4, -0.2) is 0 Å². The summed E-state index contributed by atoms with van der Waals surface area (Å²) in [4.78, 5) is 0. The van der Waals surface area contributed by atoms with Gasteiger partial charge in [0.25, 0.3) is 0 Å². The third-order valence-electron chi connectivity index (χ3n) is 7.48. The fourth-order valence-electron chi connectivity index (χ4n) is 5.71. The van der Waals surface area contributed by atoms with Gasteiger partial charge in [0.1, 0.15) is 0 Å². The quantitative estimate of drug-likeness (QED) is 0.0651. The number of nitrogens with zero attached hydrogens (tertiary/aromatic N) is 1. The van der Waals surface area contributed by atoms with Gasteiger partial charge < -0.3 is 5.32 Å². The van der Waals surface area contributed by atoms with Crippen LogP contribution in [0, 0.1) is 26.6 Å². The zero-order valence-corrected chi connectivity index (χ0v) is 27.4. The molecule has 0 aliphatic carbocycles. The van der Waals surface area contributed by atoms with E-state index in [0.29, 0.717) is 0 Å². The first-order chi connectivity index (χ1) is 23.3. The number of hydrogen-bond acceptors (Lipinski definition) is 0. The average molecular weight is 716 g/mol. The molecule has 0 N–H and O–H groups in total. The van der Waals surface area contributed by atoms with Crippen molar-refractivity contribution in [2.75, 3.05) is 0 Å². The van der Waals surface area contributed by atoms with Crippen LogP contribution in [0.1, 0.15) is 33.4 Å². The first kappa shape index (κ1) is 40.9. The molecule has 237 valence electrons. The molecule has 0 aliphatic rings. The molecule has 0 amide bonds. The van der Waals surface area contributed by atoms with Gasteiger partial charge in [0, 0.05) is 19.5 Å². The average Bonchev–Trinajstić information content (AvgIpc) is 3.21. The minimum Gasteiger partial charge on any atom is -0.628 e. The van der Waals surface area contributed by atoms with Crippen molar-refractivity contribution in [3.63, 3.8) is 0 Å². The molecule has 0 unspecified atom stereocenters.